The van der Waals surface area contributed by atoms with Gasteiger partial charge in [-0.1, -0.05) is 17.3 Å². The SMILES string of the molecule is Cc1noc(CNc2snc3ccccc23)n1. The summed E-state index contributed by atoms with van der Waals surface area (Å²) in [6.07, 6.45) is 0. The smallest absolute Gasteiger partial charge is 0.245 e. The molecule has 17 heavy (non-hydrogen) atoms. The number of hydrogen-bond donors (Lipinski definition) is 1. The summed E-state index contributed by atoms with van der Waals surface area (Å²) in [5.41, 5.74) is 1.00. The highest BCUT2D eigenvalue weighted by atomic mass is 32.1. The first-order valence-corrected chi connectivity index (χ1v) is 5.98. The molecule has 86 valence electrons. The Hall–Kier alpha value is -1.95. The van der Waals surface area contributed by atoms with Crippen LogP contribution in [-0.4, -0.2) is 14.5 Å². The number of hydrogen-bond acceptors (Lipinski definition) is 6. The van der Waals surface area contributed by atoms with E-state index in [-0.39, 0.29) is 0 Å². The molecule has 0 saturated heterocycles. The number of fused-ring (bicyclic) bond motifs is 1. The van der Waals surface area contributed by atoms with E-state index in [0.29, 0.717) is 18.3 Å². The molecule has 0 bridgehead atoms. The maximum Gasteiger partial charge on any atom is 0.245 e. The zero-order valence-corrected chi connectivity index (χ0v) is 9.99. The Labute approximate surface area is 102 Å². The van der Waals surface area contributed by atoms with Crippen LogP contribution in [0.2, 0.25) is 0 Å². The number of aryl methyl sites for hydroxylation is 1. The molecule has 0 saturated carbocycles. The average molecular weight is 246 g/mol. The molecule has 6 heteroatoms. The molecule has 1 N–H and O–H groups in total. The third-order valence-electron chi connectivity index (χ3n) is 2.35. The fraction of sp³-hybridized carbons (Fsp3) is 0.182. The summed E-state index contributed by atoms with van der Waals surface area (Å²) in [6.45, 7) is 2.32. The highest BCUT2D eigenvalue weighted by Crippen LogP contribution is 2.27. The maximum atomic E-state index is 5.04. The fourth-order valence-electron chi connectivity index (χ4n) is 1.58. The van der Waals surface area contributed by atoms with Crippen molar-refractivity contribution >= 4 is 27.4 Å². The van der Waals surface area contributed by atoms with Gasteiger partial charge in [-0.3, -0.25) is 0 Å². The molecule has 1 aromatic carbocycles. The zero-order chi connectivity index (χ0) is 11.7. The molecule has 0 spiro atoms. The molecule has 0 atom stereocenters. The molecule has 0 aliphatic heterocycles. The predicted molar refractivity (Wildman–Crippen MR) is 66.0 cm³/mol. The Balaban J connectivity index is 1.81. The number of benzene rings is 1. The number of anilines is 1. The minimum Gasteiger partial charge on any atom is -0.366 e. The average Bonchev–Trinajstić information content (AvgIpc) is 2.93. The molecule has 0 fully saturated rings. The van der Waals surface area contributed by atoms with Gasteiger partial charge in [-0.2, -0.15) is 9.36 Å². The molecule has 0 radical (unpaired) electrons. The molecule has 0 aliphatic rings. The molecule has 3 rings (SSSR count). The highest BCUT2D eigenvalue weighted by molar-refractivity contribution is 7.11. The van der Waals surface area contributed by atoms with Crippen LogP contribution in [-0.2, 0) is 6.54 Å². The Morgan fingerprint density at radius 1 is 1.35 bits per heavy atom. The van der Waals surface area contributed by atoms with Gasteiger partial charge < -0.3 is 9.84 Å². The second-order valence-electron chi connectivity index (χ2n) is 3.62. The minimum absolute atomic E-state index is 0.521. The summed E-state index contributed by atoms with van der Waals surface area (Å²) >= 11 is 1.44. The lowest BCUT2D eigenvalue weighted by atomic mass is 10.2. The molecular weight excluding hydrogens is 236 g/mol. The van der Waals surface area contributed by atoms with E-state index >= 15 is 0 Å². The van der Waals surface area contributed by atoms with Crippen molar-refractivity contribution in [2.45, 2.75) is 13.5 Å². The van der Waals surface area contributed by atoms with Crippen molar-refractivity contribution in [3.05, 3.63) is 36.0 Å². The molecule has 3 aromatic rings. The van der Waals surface area contributed by atoms with Gasteiger partial charge in [0.25, 0.3) is 0 Å². The van der Waals surface area contributed by atoms with E-state index in [1.54, 1.807) is 6.92 Å². The van der Waals surface area contributed by atoms with E-state index in [1.165, 1.54) is 11.5 Å². The monoisotopic (exact) mass is 246 g/mol. The van der Waals surface area contributed by atoms with E-state index < -0.39 is 0 Å². The normalized spacial score (nSPS) is 10.9. The van der Waals surface area contributed by atoms with Gasteiger partial charge >= 0.3 is 0 Å². The van der Waals surface area contributed by atoms with Crippen LogP contribution in [0.4, 0.5) is 5.00 Å². The van der Waals surface area contributed by atoms with Gasteiger partial charge in [0.05, 0.1) is 12.1 Å². The summed E-state index contributed by atoms with van der Waals surface area (Å²) in [5.74, 6) is 1.23. The first-order valence-electron chi connectivity index (χ1n) is 5.20. The maximum absolute atomic E-state index is 5.04. The van der Waals surface area contributed by atoms with Crippen molar-refractivity contribution in [2.75, 3.05) is 5.32 Å². The van der Waals surface area contributed by atoms with Gasteiger partial charge in [0, 0.05) is 5.39 Å². The van der Waals surface area contributed by atoms with Gasteiger partial charge in [0.2, 0.25) is 5.89 Å². The van der Waals surface area contributed by atoms with Gasteiger partial charge in [-0.05, 0) is 30.6 Å². The first kappa shape index (κ1) is 10.2. The molecule has 0 aliphatic carbocycles. The number of rotatable bonds is 3. The van der Waals surface area contributed by atoms with E-state index in [9.17, 15) is 0 Å². The van der Waals surface area contributed by atoms with E-state index in [1.807, 2.05) is 24.3 Å². The van der Waals surface area contributed by atoms with Crippen LogP contribution in [0.1, 0.15) is 11.7 Å². The van der Waals surface area contributed by atoms with Crippen LogP contribution in [0.5, 0.6) is 0 Å². The van der Waals surface area contributed by atoms with Gasteiger partial charge in [0.1, 0.15) is 5.00 Å². The zero-order valence-electron chi connectivity index (χ0n) is 9.17. The van der Waals surface area contributed by atoms with Crippen LogP contribution in [0, 0.1) is 6.92 Å². The van der Waals surface area contributed by atoms with E-state index in [0.717, 1.165) is 15.9 Å². The van der Waals surface area contributed by atoms with Crippen molar-refractivity contribution in [1.82, 2.24) is 14.5 Å². The van der Waals surface area contributed by atoms with Crippen LogP contribution in [0.25, 0.3) is 10.9 Å². The highest BCUT2D eigenvalue weighted by Gasteiger charge is 2.07. The lowest BCUT2D eigenvalue weighted by molar-refractivity contribution is 0.380. The fourth-order valence-corrected chi connectivity index (χ4v) is 2.34. The standard InChI is InChI=1S/C11H10N4OS/c1-7-13-10(16-14-7)6-12-11-8-4-2-3-5-9(8)15-17-11/h2-5,12H,6H2,1H3. The van der Waals surface area contributed by atoms with Crippen molar-refractivity contribution in [3.8, 4) is 0 Å². The van der Waals surface area contributed by atoms with Crippen molar-refractivity contribution in [3.63, 3.8) is 0 Å². The molecule has 0 amide bonds. The quantitative estimate of drug-likeness (QED) is 0.769. The summed E-state index contributed by atoms with van der Waals surface area (Å²) in [7, 11) is 0. The topological polar surface area (TPSA) is 63.8 Å². The molecule has 2 aromatic heterocycles. The summed E-state index contributed by atoms with van der Waals surface area (Å²) in [4.78, 5) is 4.13. The summed E-state index contributed by atoms with van der Waals surface area (Å²) < 4.78 is 9.38. The minimum atomic E-state index is 0.521. The van der Waals surface area contributed by atoms with Crippen LogP contribution < -0.4 is 5.32 Å². The third kappa shape index (κ3) is 1.99. The Morgan fingerprint density at radius 3 is 3.06 bits per heavy atom. The van der Waals surface area contributed by atoms with Crippen LogP contribution in [0.3, 0.4) is 0 Å². The predicted octanol–water partition coefficient (Wildman–Crippen LogP) is 2.60. The van der Waals surface area contributed by atoms with Gasteiger partial charge in [-0.25, -0.2) is 0 Å². The lowest BCUT2D eigenvalue weighted by Gasteiger charge is -1.98. The van der Waals surface area contributed by atoms with Crippen molar-refractivity contribution in [1.29, 1.82) is 0 Å². The molecule has 2 heterocycles. The third-order valence-corrected chi connectivity index (χ3v) is 3.19. The van der Waals surface area contributed by atoms with E-state index in [2.05, 4.69) is 19.8 Å². The van der Waals surface area contributed by atoms with Crippen LogP contribution >= 0.6 is 11.5 Å². The Bertz CT molecular complexity index is 646. The molecular formula is C11H10N4OS. The molecule has 5 nitrogen and oxygen atoms in total. The Morgan fingerprint density at radius 2 is 2.24 bits per heavy atom. The molecule has 0 unspecified atom stereocenters. The number of nitrogens with zero attached hydrogens (tertiary/aromatic N) is 3. The largest absolute Gasteiger partial charge is 0.366 e. The summed E-state index contributed by atoms with van der Waals surface area (Å²) in [5, 5.41) is 9.14. The van der Waals surface area contributed by atoms with Crippen molar-refractivity contribution in [2.24, 2.45) is 0 Å². The first-order chi connectivity index (χ1) is 8.33. The second kappa shape index (κ2) is 4.14. The lowest BCUT2D eigenvalue weighted by Crippen LogP contribution is -1.98. The van der Waals surface area contributed by atoms with E-state index in [4.69, 9.17) is 4.52 Å². The van der Waals surface area contributed by atoms with Crippen LogP contribution in [0.15, 0.2) is 28.8 Å². The summed E-state index contributed by atoms with van der Waals surface area (Å²) in [6, 6.07) is 8.01. The second-order valence-corrected chi connectivity index (χ2v) is 4.39. The number of nitrogens with one attached hydrogen (secondary N) is 1. The van der Waals surface area contributed by atoms with Gasteiger partial charge in [0.15, 0.2) is 5.82 Å². The van der Waals surface area contributed by atoms with Crippen molar-refractivity contribution < 1.29 is 4.52 Å². The Kier molecular flexibility index (Phi) is 2.49. The number of aromatic nitrogens is 3. The van der Waals surface area contributed by atoms with Gasteiger partial charge in [-0.15, -0.1) is 0 Å².